The fourth-order valence-electron chi connectivity index (χ4n) is 5.17. The van der Waals surface area contributed by atoms with Crippen molar-refractivity contribution in [2.24, 2.45) is 4.99 Å². The molecule has 1 heterocycles. The van der Waals surface area contributed by atoms with E-state index in [4.69, 9.17) is 4.99 Å². The molecule has 4 aromatic carbocycles. The smallest absolute Gasteiger partial charge is 0.176 e. The van der Waals surface area contributed by atoms with E-state index >= 15 is 0 Å². The lowest BCUT2D eigenvalue weighted by Crippen LogP contribution is -2.15. The molecule has 0 saturated heterocycles. The highest BCUT2D eigenvalue weighted by Gasteiger charge is 2.23. The average molecular weight is 495 g/mol. The zero-order valence-electron chi connectivity index (χ0n) is 20.9. The first-order chi connectivity index (χ1) is 18.8. The molecular formula is C32H26N6. The van der Waals surface area contributed by atoms with Crippen LogP contribution in [0.5, 0.6) is 0 Å². The molecule has 6 nitrogen and oxygen atoms in total. The minimum absolute atomic E-state index is 0.329. The molecule has 0 saturated carbocycles. The highest BCUT2D eigenvalue weighted by atomic mass is 15.5. The van der Waals surface area contributed by atoms with Crippen molar-refractivity contribution in [3.05, 3.63) is 137 Å². The summed E-state index contributed by atoms with van der Waals surface area (Å²) in [6.07, 6.45) is 1.90. The predicted molar refractivity (Wildman–Crippen MR) is 148 cm³/mol. The Balaban J connectivity index is 1.43. The topological polar surface area (TPSA) is 79.8 Å². The molecule has 0 bridgehead atoms. The summed E-state index contributed by atoms with van der Waals surface area (Å²) in [5, 5.41) is 21.7. The first-order valence-electron chi connectivity index (χ1n) is 12.8. The van der Waals surface area contributed by atoms with Crippen molar-refractivity contribution in [3.8, 4) is 17.2 Å². The molecule has 1 atom stereocenters. The average Bonchev–Trinajstić information content (AvgIpc) is 3.59. The van der Waals surface area contributed by atoms with Crippen molar-refractivity contribution in [1.29, 1.82) is 5.26 Å². The molecule has 6 heteroatoms. The van der Waals surface area contributed by atoms with Crippen LogP contribution in [0.15, 0.2) is 108 Å². The normalized spacial score (nSPS) is 12.3. The molecule has 184 valence electrons. The molecule has 1 aliphatic carbocycles. The van der Waals surface area contributed by atoms with Gasteiger partial charge in [0.1, 0.15) is 6.04 Å². The Bertz CT molecular complexity index is 1590. The molecule has 1 unspecified atom stereocenters. The number of benzene rings is 4. The summed E-state index contributed by atoms with van der Waals surface area (Å²) in [5.41, 5.74) is 9.46. The highest BCUT2D eigenvalue weighted by Crippen LogP contribution is 2.37. The second-order valence-corrected chi connectivity index (χ2v) is 9.42. The Labute approximate surface area is 221 Å². The second-order valence-electron chi connectivity index (χ2n) is 9.42. The van der Waals surface area contributed by atoms with E-state index < -0.39 is 0 Å². The van der Waals surface area contributed by atoms with Crippen LogP contribution in [0, 0.1) is 11.3 Å². The van der Waals surface area contributed by atoms with Crippen LogP contribution in [0.4, 0.5) is 0 Å². The summed E-state index contributed by atoms with van der Waals surface area (Å²) in [5.74, 6) is 0.661. The summed E-state index contributed by atoms with van der Waals surface area (Å²) in [6.45, 7) is 0.427. The first kappa shape index (κ1) is 23.5. The second kappa shape index (κ2) is 10.6. The van der Waals surface area contributed by atoms with Crippen LogP contribution in [-0.4, -0.2) is 25.9 Å². The van der Waals surface area contributed by atoms with Crippen molar-refractivity contribution in [1.82, 2.24) is 20.2 Å². The first-order valence-corrected chi connectivity index (χ1v) is 12.8. The summed E-state index contributed by atoms with van der Waals surface area (Å²) in [7, 11) is 0. The molecule has 0 fully saturated rings. The predicted octanol–water partition coefficient (Wildman–Crippen LogP) is 5.98. The van der Waals surface area contributed by atoms with Gasteiger partial charge in [0, 0.05) is 17.5 Å². The van der Waals surface area contributed by atoms with Crippen LogP contribution < -0.4 is 0 Å². The van der Waals surface area contributed by atoms with Gasteiger partial charge in [0.05, 0.1) is 24.7 Å². The molecule has 0 amide bonds. The number of aryl methyl sites for hydroxylation is 1. The minimum Gasteiger partial charge on any atom is -0.272 e. The Kier molecular flexibility index (Phi) is 6.57. The number of aliphatic imine (C=N–C) groups is 1. The van der Waals surface area contributed by atoms with Crippen LogP contribution in [0.1, 0.15) is 46.1 Å². The van der Waals surface area contributed by atoms with Gasteiger partial charge in [0.2, 0.25) is 0 Å². The number of fused-ring (bicyclic) bond motifs is 3. The van der Waals surface area contributed by atoms with Gasteiger partial charge in [-0.25, -0.2) is 4.68 Å². The standard InChI is InChI=1S/C32H26N6/c33-18-9-19-38-32(35-36-37-38)30(34-31(24-10-3-1-4-11-24)25-12-5-2-6-13-25)21-23-16-17-29-27(20-23)22-26-14-7-8-15-28(26)29/h1-8,10-17,20,30H,9,19,21-22H2. The Morgan fingerprint density at radius 2 is 1.53 bits per heavy atom. The van der Waals surface area contributed by atoms with Crippen molar-refractivity contribution >= 4 is 5.71 Å². The van der Waals surface area contributed by atoms with Gasteiger partial charge in [-0.2, -0.15) is 5.26 Å². The maximum Gasteiger partial charge on any atom is 0.176 e. The molecule has 0 N–H and O–H groups in total. The molecule has 1 aromatic heterocycles. The minimum atomic E-state index is -0.332. The van der Waals surface area contributed by atoms with Gasteiger partial charge in [-0.05, 0) is 44.7 Å². The van der Waals surface area contributed by atoms with E-state index in [0.29, 0.717) is 25.2 Å². The summed E-state index contributed by atoms with van der Waals surface area (Å²) < 4.78 is 1.72. The quantitative estimate of drug-likeness (QED) is 0.244. The van der Waals surface area contributed by atoms with Crippen molar-refractivity contribution < 1.29 is 0 Å². The van der Waals surface area contributed by atoms with Crippen LogP contribution in [0.3, 0.4) is 0 Å². The molecule has 0 spiro atoms. The van der Waals surface area contributed by atoms with E-state index in [2.05, 4.69) is 88.3 Å². The summed E-state index contributed by atoms with van der Waals surface area (Å²) >= 11 is 0. The molecule has 1 aliphatic rings. The Hall–Kier alpha value is -4.89. The van der Waals surface area contributed by atoms with Gasteiger partial charge in [-0.1, -0.05) is 103 Å². The number of rotatable bonds is 8. The van der Waals surface area contributed by atoms with E-state index in [0.717, 1.165) is 23.3 Å². The van der Waals surface area contributed by atoms with Crippen molar-refractivity contribution in [3.63, 3.8) is 0 Å². The van der Waals surface area contributed by atoms with E-state index in [-0.39, 0.29) is 6.04 Å². The summed E-state index contributed by atoms with van der Waals surface area (Å²) in [6, 6.07) is 37.6. The van der Waals surface area contributed by atoms with Gasteiger partial charge < -0.3 is 0 Å². The number of nitrogens with zero attached hydrogens (tertiary/aromatic N) is 6. The van der Waals surface area contributed by atoms with E-state index in [1.165, 1.54) is 27.8 Å². The number of hydrogen-bond acceptors (Lipinski definition) is 5. The number of tetrazole rings is 1. The van der Waals surface area contributed by atoms with Crippen LogP contribution in [-0.2, 0) is 19.4 Å². The SMILES string of the molecule is N#CCCn1nnnc1C(Cc1ccc2c(c1)Cc1ccccc1-2)N=C(c1ccccc1)c1ccccc1. The third kappa shape index (κ3) is 4.74. The number of nitriles is 1. The third-order valence-electron chi connectivity index (χ3n) is 6.96. The largest absolute Gasteiger partial charge is 0.272 e. The molecule has 0 aliphatic heterocycles. The van der Waals surface area contributed by atoms with Crippen molar-refractivity contribution in [2.75, 3.05) is 0 Å². The monoisotopic (exact) mass is 494 g/mol. The van der Waals surface area contributed by atoms with Crippen LogP contribution in [0.2, 0.25) is 0 Å². The molecule has 6 rings (SSSR count). The summed E-state index contributed by atoms with van der Waals surface area (Å²) in [4.78, 5) is 5.33. The lowest BCUT2D eigenvalue weighted by Gasteiger charge is -2.17. The molecule has 0 radical (unpaired) electrons. The Morgan fingerprint density at radius 1 is 0.842 bits per heavy atom. The van der Waals surface area contributed by atoms with E-state index in [9.17, 15) is 5.26 Å². The lowest BCUT2D eigenvalue weighted by atomic mass is 9.98. The number of hydrogen-bond donors (Lipinski definition) is 0. The fraction of sp³-hybridized carbons (Fsp3) is 0.156. The highest BCUT2D eigenvalue weighted by molar-refractivity contribution is 6.13. The van der Waals surface area contributed by atoms with Gasteiger partial charge in [-0.15, -0.1) is 5.10 Å². The molecule has 38 heavy (non-hydrogen) atoms. The van der Waals surface area contributed by atoms with Crippen molar-refractivity contribution in [2.45, 2.75) is 31.8 Å². The maximum absolute atomic E-state index is 9.18. The van der Waals surface area contributed by atoms with Gasteiger partial charge in [0.15, 0.2) is 5.82 Å². The van der Waals surface area contributed by atoms with E-state index in [1.807, 2.05) is 36.4 Å². The Morgan fingerprint density at radius 3 is 2.26 bits per heavy atom. The third-order valence-corrected chi connectivity index (χ3v) is 6.96. The van der Waals surface area contributed by atoms with Crippen LogP contribution >= 0.6 is 0 Å². The molecular weight excluding hydrogens is 468 g/mol. The zero-order chi connectivity index (χ0) is 25.7. The van der Waals surface area contributed by atoms with Crippen LogP contribution in [0.25, 0.3) is 11.1 Å². The fourth-order valence-corrected chi connectivity index (χ4v) is 5.17. The van der Waals surface area contributed by atoms with Gasteiger partial charge >= 0.3 is 0 Å². The molecule has 5 aromatic rings. The lowest BCUT2D eigenvalue weighted by molar-refractivity contribution is 0.537. The maximum atomic E-state index is 9.18. The van der Waals surface area contributed by atoms with Gasteiger partial charge in [-0.3, -0.25) is 4.99 Å². The van der Waals surface area contributed by atoms with Gasteiger partial charge in [0.25, 0.3) is 0 Å². The number of aromatic nitrogens is 4. The van der Waals surface area contributed by atoms with E-state index in [1.54, 1.807) is 4.68 Å². The zero-order valence-corrected chi connectivity index (χ0v) is 20.9.